The van der Waals surface area contributed by atoms with Crippen LogP contribution in [0, 0.1) is 0 Å². The van der Waals surface area contributed by atoms with Gasteiger partial charge in [-0.25, -0.2) is 0 Å². The third-order valence-electron chi connectivity index (χ3n) is 4.24. The highest BCUT2D eigenvalue weighted by Crippen LogP contribution is 2.12. The Labute approximate surface area is 162 Å². The molecule has 0 saturated carbocycles. The first-order valence-corrected chi connectivity index (χ1v) is 10.7. The van der Waals surface area contributed by atoms with E-state index in [0.717, 1.165) is 12.8 Å². The lowest BCUT2D eigenvalue weighted by Gasteiger charge is -2.23. The van der Waals surface area contributed by atoms with Gasteiger partial charge in [0.2, 0.25) is 0 Å². The molecule has 0 heterocycles. The van der Waals surface area contributed by atoms with Gasteiger partial charge in [-0.15, -0.1) is 0 Å². The second kappa shape index (κ2) is 18.9. The molecule has 0 aromatic carbocycles. The van der Waals surface area contributed by atoms with Crippen LogP contribution in [0.4, 0.5) is 0 Å². The second-order valence-corrected chi connectivity index (χ2v) is 8.52. The molecule has 0 saturated heterocycles. The number of hydrogen-bond acceptors (Lipinski definition) is 3. The number of carboxylic acid groups (broad SMARTS) is 1. The van der Waals surface area contributed by atoms with Crippen molar-refractivity contribution in [3.05, 3.63) is 0 Å². The number of nitrogens with zero attached hydrogens (tertiary/aromatic N) is 1. The molecule has 0 fully saturated rings. The molecule has 4 heteroatoms. The van der Waals surface area contributed by atoms with Crippen LogP contribution in [0.5, 0.6) is 0 Å². The summed E-state index contributed by atoms with van der Waals surface area (Å²) >= 11 is 0. The van der Waals surface area contributed by atoms with Crippen molar-refractivity contribution in [3.63, 3.8) is 0 Å². The van der Waals surface area contributed by atoms with E-state index in [9.17, 15) is 14.7 Å². The van der Waals surface area contributed by atoms with Crippen molar-refractivity contribution < 1.29 is 19.2 Å². The zero-order valence-electron chi connectivity index (χ0n) is 18.3. The minimum Gasteiger partial charge on any atom is -0.544 e. The molecule has 0 atom stereocenters. The molecule has 0 aliphatic rings. The second-order valence-electron chi connectivity index (χ2n) is 8.52. The molecule has 0 spiro atoms. The zero-order valence-corrected chi connectivity index (χ0v) is 18.3. The number of likely N-dealkylation sites (N-methyl/N-ethyl adjacent to an activating group) is 1. The summed E-state index contributed by atoms with van der Waals surface area (Å²) in [5.41, 5.74) is 0. The summed E-state index contributed by atoms with van der Waals surface area (Å²) in [5.74, 6) is -0.657. The molecule has 0 unspecified atom stereocenters. The zero-order chi connectivity index (χ0) is 20.3. The van der Waals surface area contributed by atoms with Crippen LogP contribution in [0.25, 0.3) is 0 Å². The van der Waals surface area contributed by atoms with Gasteiger partial charge in [0.05, 0.1) is 27.1 Å². The molecule has 156 valence electrons. The average Bonchev–Trinajstić information content (AvgIpc) is 2.49. The Balaban J connectivity index is 0. The fourth-order valence-electron chi connectivity index (χ4n) is 2.78. The van der Waals surface area contributed by atoms with E-state index < -0.39 is 5.97 Å². The molecule has 4 nitrogen and oxygen atoms in total. The number of rotatable bonds is 16. The Hall–Kier alpha value is -0.900. The van der Waals surface area contributed by atoms with Gasteiger partial charge in [-0.2, -0.15) is 0 Å². The molecule has 0 aliphatic heterocycles. The van der Waals surface area contributed by atoms with Gasteiger partial charge in [-0.05, 0) is 13.3 Å². The van der Waals surface area contributed by atoms with Gasteiger partial charge in [0.1, 0.15) is 12.3 Å². The van der Waals surface area contributed by atoms with Crippen LogP contribution in [0.1, 0.15) is 104 Å². The van der Waals surface area contributed by atoms with Crippen molar-refractivity contribution >= 4 is 11.8 Å². The van der Waals surface area contributed by atoms with E-state index in [1.54, 1.807) is 28.1 Å². The highest BCUT2D eigenvalue weighted by Gasteiger charge is 2.04. The van der Waals surface area contributed by atoms with Crippen molar-refractivity contribution in [2.24, 2.45) is 0 Å². The van der Waals surface area contributed by atoms with Gasteiger partial charge >= 0.3 is 0 Å². The van der Waals surface area contributed by atoms with Crippen LogP contribution in [-0.2, 0) is 9.59 Å². The monoisotopic (exact) mass is 371 g/mol. The van der Waals surface area contributed by atoms with Gasteiger partial charge in [-0.3, -0.25) is 0 Å². The lowest BCUT2D eigenvalue weighted by Crippen LogP contribution is -2.45. The summed E-state index contributed by atoms with van der Waals surface area (Å²) in [5, 5.41) is 9.89. The lowest BCUT2D eigenvalue weighted by molar-refractivity contribution is -0.864. The van der Waals surface area contributed by atoms with Gasteiger partial charge in [0.25, 0.3) is 0 Å². The molecule has 0 bridgehead atoms. The van der Waals surface area contributed by atoms with Gasteiger partial charge < -0.3 is 19.2 Å². The van der Waals surface area contributed by atoms with Gasteiger partial charge in [0, 0.05) is 6.42 Å². The predicted octanol–water partition coefficient (Wildman–Crippen LogP) is 4.50. The Kier molecular flexibility index (Phi) is 19.8. The largest absolute Gasteiger partial charge is 0.544 e. The number of carbonyl (C=O) groups excluding carboxylic acids is 2. The predicted molar refractivity (Wildman–Crippen MR) is 109 cm³/mol. The van der Waals surface area contributed by atoms with Crippen molar-refractivity contribution in [1.29, 1.82) is 0 Å². The summed E-state index contributed by atoms with van der Waals surface area (Å²) in [6, 6.07) is 0. The Morgan fingerprint density at radius 2 is 1.04 bits per heavy atom. The first-order valence-electron chi connectivity index (χ1n) is 10.7. The first kappa shape index (κ1) is 27.3. The molecule has 0 aromatic heterocycles. The summed E-state index contributed by atoms with van der Waals surface area (Å²) < 4.78 is 0.419. The number of carbonyl (C=O) groups is 2. The summed E-state index contributed by atoms with van der Waals surface area (Å²) in [7, 11) is 5.40. The normalized spacial score (nSPS) is 11.0. The van der Waals surface area contributed by atoms with Crippen LogP contribution >= 0.6 is 0 Å². The van der Waals surface area contributed by atoms with Crippen molar-refractivity contribution in [2.45, 2.75) is 104 Å². The summed E-state index contributed by atoms with van der Waals surface area (Å²) in [4.78, 5) is 20.6. The molecule has 0 aromatic rings. The van der Waals surface area contributed by atoms with E-state index in [1.165, 1.54) is 77.0 Å². The number of unbranched alkanes of at least 4 members (excludes halogenated alkanes) is 12. The van der Waals surface area contributed by atoms with Crippen molar-refractivity contribution in [3.8, 4) is 0 Å². The molecule has 0 rings (SSSR count). The Bertz CT molecular complexity index is 335. The molecular formula is C22H45NO3. The van der Waals surface area contributed by atoms with Gasteiger partial charge in [0.15, 0.2) is 0 Å². The Morgan fingerprint density at radius 3 is 1.27 bits per heavy atom. The Morgan fingerprint density at radius 1 is 0.692 bits per heavy atom. The maximum atomic E-state index is 10.7. The number of carboxylic acids is 1. The topological polar surface area (TPSA) is 57.2 Å². The minimum atomic E-state index is -1.00. The van der Waals surface area contributed by atoms with Crippen LogP contribution in [0.2, 0.25) is 0 Å². The minimum absolute atomic E-state index is 0.0694. The number of aliphatic carboxylic acids is 1. The average molecular weight is 372 g/mol. The number of Topliss-reactive ketones (excluding diaryl/α,β-unsaturated/α-hetero) is 1. The SMILES string of the molecule is CCCCCCCCCCCCCCCC(C)=O.C[N+](C)(C)CC(=O)[O-]. The van der Waals surface area contributed by atoms with E-state index in [-0.39, 0.29) is 6.54 Å². The third kappa shape index (κ3) is 30.9. The highest BCUT2D eigenvalue weighted by molar-refractivity contribution is 5.75. The lowest BCUT2D eigenvalue weighted by atomic mass is 10.0. The quantitative estimate of drug-likeness (QED) is 0.296. The summed E-state index contributed by atoms with van der Waals surface area (Å²) in [6.45, 7) is 4.04. The van der Waals surface area contributed by atoms with Crippen LogP contribution < -0.4 is 5.11 Å². The molecule has 0 amide bonds. The highest BCUT2D eigenvalue weighted by atomic mass is 16.4. The number of ketones is 1. The van der Waals surface area contributed by atoms with Crippen LogP contribution in [0.3, 0.4) is 0 Å². The summed E-state index contributed by atoms with van der Waals surface area (Å²) in [6.07, 6.45) is 18.6. The van der Waals surface area contributed by atoms with E-state index in [1.807, 2.05) is 0 Å². The van der Waals surface area contributed by atoms with Crippen molar-refractivity contribution in [1.82, 2.24) is 0 Å². The van der Waals surface area contributed by atoms with E-state index in [4.69, 9.17) is 0 Å². The van der Waals surface area contributed by atoms with E-state index in [0.29, 0.717) is 10.3 Å². The fourth-order valence-corrected chi connectivity index (χ4v) is 2.78. The molecule has 0 radical (unpaired) electrons. The van der Waals surface area contributed by atoms with Crippen LogP contribution in [0.15, 0.2) is 0 Å². The maximum absolute atomic E-state index is 10.7. The van der Waals surface area contributed by atoms with E-state index in [2.05, 4.69) is 6.92 Å². The fraction of sp³-hybridized carbons (Fsp3) is 0.909. The first-order chi connectivity index (χ1) is 12.2. The standard InChI is InChI=1S/C17H34O.C5H11NO2/c1-3-4-5-6-7-8-9-10-11-12-13-14-15-16-17(2)18;1-6(2,3)4-5(7)8/h3-16H2,1-2H3;4H2,1-3H3. The third-order valence-corrected chi connectivity index (χ3v) is 4.24. The van der Waals surface area contributed by atoms with Crippen molar-refractivity contribution in [2.75, 3.05) is 27.7 Å². The van der Waals surface area contributed by atoms with E-state index >= 15 is 0 Å². The molecular weight excluding hydrogens is 326 g/mol. The van der Waals surface area contributed by atoms with Crippen LogP contribution in [-0.4, -0.2) is 43.9 Å². The molecule has 0 N–H and O–H groups in total. The maximum Gasteiger partial charge on any atom is 0.129 e. The molecule has 0 aliphatic carbocycles. The van der Waals surface area contributed by atoms with Gasteiger partial charge in [-0.1, -0.05) is 84.0 Å². The smallest absolute Gasteiger partial charge is 0.129 e. The molecule has 26 heavy (non-hydrogen) atoms. The number of hydrogen-bond donors (Lipinski definition) is 0. The number of quaternary nitrogens is 1.